The van der Waals surface area contributed by atoms with Gasteiger partial charge in [-0.15, -0.1) is 0 Å². The van der Waals surface area contributed by atoms with Crippen LogP contribution in [0.1, 0.15) is 26.2 Å². The summed E-state index contributed by atoms with van der Waals surface area (Å²) in [6.45, 7) is 2.42. The number of rotatable bonds is 6. The predicted molar refractivity (Wildman–Crippen MR) is 46.6 cm³/mol. The van der Waals surface area contributed by atoms with E-state index in [9.17, 15) is 9.36 Å². The Balaban J connectivity index is 3.28. The Labute approximate surface area is 72.8 Å². The molecule has 0 aromatic heterocycles. The average molecular weight is 194 g/mol. The van der Waals surface area contributed by atoms with Crippen LogP contribution in [0.4, 0.5) is 0 Å². The van der Waals surface area contributed by atoms with E-state index in [1.807, 2.05) is 6.92 Å². The molecule has 0 aliphatic heterocycles. The highest BCUT2D eigenvalue weighted by Crippen LogP contribution is 2.13. The van der Waals surface area contributed by atoms with E-state index in [-0.39, 0.29) is 18.6 Å². The normalized spacial score (nSPS) is 12.5. The maximum Gasteiger partial charge on any atom is 0.306 e. The van der Waals surface area contributed by atoms with E-state index in [0.29, 0.717) is 6.61 Å². The lowest BCUT2D eigenvalue weighted by Crippen LogP contribution is -2.06. The van der Waals surface area contributed by atoms with Gasteiger partial charge in [0.2, 0.25) is 0 Å². The van der Waals surface area contributed by atoms with Crippen molar-refractivity contribution in [2.75, 3.05) is 12.8 Å². The molecule has 0 aliphatic rings. The predicted octanol–water partition coefficient (Wildman–Crippen LogP) is 1.19. The fraction of sp³-hybridized carbons (Fsp3) is 0.857. The molecule has 0 aromatic rings. The quantitative estimate of drug-likeness (QED) is 0.392. The van der Waals surface area contributed by atoms with Gasteiger partial charge in [-0.05, 0) is 6.42 Å². The number of unbranched alkanes of at least 4 members (excludes halogenated alkanes) is 1. The smallest absolute Gasteiger partial charge is 0.306 e. The molecule has 4 nitrogen and oxygen atoms in total. The summed E-state index contributed by atoms with van der Waals surface area (Å²) in [6.07, 6.45) is 1.91. The van der Waals surface area contributed by atoms with E-state index in [0.717, 1.165) is 12.8 Å². The van der Waals surface area contributed by atoms with Crippen molar-refractivity contribution in [3.63, 3.8) is 0 Å². The Kier molecular flexibility index (Phi) is 7.11. The number of carbonyl (C=O) groups is 1. The van der Waals surface area contributed by atoms with E-state index >= 15 is 0 Å². The lowest BCUT2D eigenvalue weighted by molar-refractivity contribution is -0.143. The first kappa shape index (κ1) is 11.7. The average Bonchev–Trinajstić information content (AvgIpc) is 2.01. The molecule has 0 rings (SSSR count). The van der Waals surface area contributed by atoms with Gasteiger partial charge in [0.25, 0.3) is 0 Å². The first-order chi connectivity index (χ1) is 5.66. The van der Waals surface area contributed by atoms with Crippen molar-refractivity contribution in [2.45, 2.75) is 26.2 Å². The number of esters is 1. The van der Waals surface area contributed by atoms with Crippen LogP contribution < -0.4 is 0 Å². The Morgan fingerprint density at radius 2 is 2.25 bits per heavy atom. The van der Waals surface area contributed by atoms with Gasteiger partial charge in [-0.3, -0.25) is 9.36 Å². The molecule has 0 saturated carbocycles. The highest BCUT2D eigenvalue weighted by Gasteiger charge is 2.03. The summed E-state index contributed by atoms with van der Waals surface area (Å²) < 4.78 is 15.0. The van der Waals surface area contributed by atoms with E-state index in [1.165, 1.54) is 0 Å². The molecule has 0 aliphatic carbocycles. The zero-order chi connectivity index (χ0) is 9.40. The van der Waals surface area contributed by atoms with Crippen molar-refractivity contribution in [2.24, 2.45) is 0 Å². The summed E-state index contributed by atoms with van der Waals surface area (Å²) >= 11 is 0. The third-order valence-corrected chi connectivity index (χ3v) is 1.98. The third-order valence-electron chi connectivity index (χ3n) is 1.30. The second-order valence-corrected chi connectivity index (χ2v) is 3.76. The molecule has 5 heteroatoms. The van der Waals surface area contributed by atoms with Gasteiger partial charge in [0.1, 0.15) is 0 Å². The van der Waals surface area contributed by atoms with E-state index < -0.39 is 8.03 Å². The first-order valence-electron chi connectivity index (χ1n) is 4.04. The molecule has 1 atom stereocenters. The minimum atomic E-state index is -2.51. The van der Waals surface area contributed by atoms with Crippen molar-refractivity contribution in [1.29, 1.82) is 0 Å². The number of ether oxygens (including phenoxy) is 1. The molecule has 1 N–H and O–H groups in total. The third kappa shape index (κ3) is 7.76. The zero-order valence-corrected chi connectivity index (χ0v) is 8.21. The van der Waals surface area contributed by atoms with Gasteiger partial charge in [-0.2, -0.15) is 0 Å². The topological polar surface area (TPSA) is 63.6 Å². The molecule has 0 amide bonds. The molecule has 72 valence electrons. The molecule has 0 aromatic carbocycles. The molecule has 0 heterocycles. The fourth-order valence-electron chi connectivity index (χ4n) is 0.612. The van der Waals surface area contributed by atoms with Gasteiger partial charge in [-0.25, -0.2) is 0 Å². The Morgan fingerprint density at radius 1 is 1.58 bits per heavy atom. The summed E-state index contributed by atoms with van der Waals surface area (Å²) in [5.74, 6) is -0.379. The minimum Gasteiger partial charge on any atom is -0.466 e. The SMILES string of the molecule is CCCCOC(=O)CC[PH](=O)O. The van der Waals surface area contributed by atoms with Gasteiger partial charge in [0.05, 0.1) is 13.0 Å². The van der Waals surface area contributed by atoms with Crippen LogP contribution >= 0.6 is 8.03 Å². The minimum absolute atomic E-state index is 0.0373. The Morgan fingerprint density at radius 3 is 2.75 bits per heavy atom. The summed E-state index contributed by atoms with van der Waals surface area (Å²) in [7, 11) is -2.51. The van der Waals surface area contributed by atoms with E-state index in [1.54, 1.807) is 0 Å². The van der Waals surface area contributed by atoms with E-state index in [4.69, 9.17) is 9.63 Å². The molecule has 0 saturated heterocycles. The number of carbonyl (C=O) groups excluding carboxylic acids is 1. The molecular weight excluding hydrogens is 179 g/mol. The molecule has 0 radical (unpaired) electrons. The number of hydrogen-bond acceptors (Lipinski definition) is 3. The molecule has 1 unspecified atom stereocenters. The van der Waals surface area contributed by atoms with Gasteiger partial charge < -0.3 is 9.63 Å². The lowest BCUT2D eigenvalue weighted by Gasteiger charge is -2.01. The maximum atomic E-state index is 10.8. The van der Waals surface area contributed by atoms with Gasteiger partial charge in [0.15, 0.2) is 8.03 Å². The molecule has 0 spiro atoms. The fourth-order valence-corrected chi connectivity index (χ4v) is 1.03. The zero-order valence-electron chi connectivity index (χ0n) is 7.21. The van der Waals surface area contributed by atoms with Crippen LogP contribution in [-0.4, -0.2) is 23.6 Å². The highest BCUT2D eigenvalue weighted by molar-refractivity contribution is 7.38. The Bertz CT molecular complexity index is 157. The second-order valence-electron chi connectivity index (χ2n) is 2.47. The van der Waals surface area contributed by atoms with Crippen LogP contribution in [0, 0.1) is 0 Å². The van der Waals surface area contributed by atoms with Crippen LogP contribution in [0.3, 0.4) is 0 Å². The van der Waals surface area contributed by atoms with Crippen molar-refractivity contribution in [3.05, 3.63) is 0 Å². The summed E-state index contributed by atoms with van der Waals surface area (Å²) in [5, 5.41) is 0. The highest BCUT2D eigenvalue weighted by atomic mass is 31.1. The largest absolute Gasteiger partial charge is 0.466 e. The van der Waals surface area contributed by atoms with Crippen LogP contribution in [0.2, 0.25) is 0 Å². The van der Waals surface area contributed by atoms with Gasteiger partial charge in [0, 0.05) is 6.16 Å². The van der Waals surface area contributed by atoms with Crippen molar-refractivity contribution < 1.29 is 19.0 Å². The summed E-state index contributed by atoms with van der Waals surface area (Å²) in [4.78, 5) is 19.2. The van der Waals surface area contributed by atoms with Crippen molar-refractivity contribution in [3.8, 4) is 0 Å². The van der Waals surface area contributed by atoms with Crippen LogP contribution in [0.25, 0.3) is 0 Å². The first-order valence-corrected chi connectivity index (χ1v) is 5.60. The summed E-state index contributed by atoms with van der Waals surface area (Å²) in [5.41, 5.74) is 0. The van der Waals surface area contributed by atoms with Crippen LogP contribution in [0.15, 0.2) is 0 Å². The standard InChI is InChI=1S/C7H15O4P/c1-2-3-5-11-7(8)4-6-12(9)10/h12H,2-6H2,1H3,(H,9,10). The second kappa shape index (κ2) is 7.32. The molecule has 0 fully saturated rings. The lowest BCUT2D eigenvalue weighted by atomic mass is 10.4. The molecule has 12 heavy (non-hydrogen) atoms. The Hall–Kier alpha value is -0.340. The van der Waals surface area contributed by atoms with Crippen molar-refractivity contribution >= 4 is 14.0 Å². The number of hydrogen-bond donors (Lipinski definition) is 1. The molecular formula is C7H15O4P. The van der Waals surface area contributed by atoms with Gasteiger partial charge in [-0.1, -0.05) is 13.3 Å². The summed E-state index contributed by atoms with van der Waals surface area (Å²) in [6, 6.07) is 0. The van der Waals surface area contributed by atoms with Crippen molar-refractivity contribution in [1.82, 2.24) is 0 Å². The maximum absolute atomic E-state index is 10.8. The van der Waals surface area contributed by atoms with Crippen LogP contribution in [0.5, 0.6) is 0 Å². The monoisotopic (exact) mass is 194 g/mol. The van der Waals surface area contributed by atoms with Gasteiger partial charge >= 0.3 is 5.97 Å². The molecule has 0 bridgehead atoms. The van der Waals surface area contributed by atoms with Crippen LogP contribution in [-0.2, 0) is 14.1 Å². The van der Waals surface area contributed by atoms with E-state index in [2.05, 4.69) is 0 Å².